The molecule has 0 fully saturated rings. The first kappa shape index (κ1) is 25.9. The number of rotatable bonds is 15. The minimum absolute atomic E-state index is 0.271. The van der Waals surface area contributed by atoms with Crippen LogP contribution in [-0.4, -0.2) is 43.8 Å². The Morgan fingerprint density at radius 3 is 2.40 bits per heavy atom. The molecule has 0 aliphatic heterocycles. The van der Waals surface area contributed by atoms with Gasteiger partial charge in [0.05, 0.1) is 6.61 Å². The molecule has 0 aromatic heterocycles. The van der Waals surface area contributed by atoms with Gasteiger partial charge in [0.25, 0.3) is 0 Å². The molecule has 1 aromatic carbocycles. The Hall–Kier alpha value is -2.17. The standard InChI is InChI=1S/C26H39FN2O/c1-7-25(28(8-2)19-17-22(4)5)21-29(26-13-11-10-12-14-26)23(6)15-16-24(27)18-20-30-9-3/h10-16,18,25H,4,6-9,17,19-21H2,1-3,5H3/b16-15-,24-18+. The summed E-state index contributed by atoms with van der Waals surface area (Å²) in [7, 11) is 0. The molecular weight excluding hydrogens is 375 g/mol. The van der Waals surface area contributed by atoms with Crippen LogP contribution in [0.4, 0.5) is 10.1 Å². The Labute approximate surface area is 183 Å². The third-order valence-electron chi connectivity index (χ3n) is 5.06. The molecule has 0 amide bonds. The van der Waals surface area contributed by atoms with Crippen LogP contribution in [0.2, 0.25) is 0 Å². The normalized spacial score (nSPS) is 13.1. The van der Waals surface area contributed by atoms with E-state index in [4.69, 9.17) is 4.74 Å². The summed E-state index contributed by atoms with van der Waals surface area (Å²) in [5.74, 6) is -0.318. The van der Waals surface area contributed by atoms with Crippen LogP contribution < -0.4 is 4.90 Å². The Morgan fingerprint density at radius 2 is 1.83 bits per heavy atom. The number of likely N-dealkylation sites (N-methyl/N-ethyl adjacent to an activating group) is 1. The van der Waals surface area contributed by atoms with E-state index in [1.54, 1.807) is 6.08 Å². The molecule has 1 unspecified atom stereocenters. The number of halogens is 1. The zero-order valence-electron chi connectivity index (χ0n) is 19.2. The fraction of sp³-hybridized carbons (Fsp3) is 0.462. The first-order valence-corrected chi connectivity index (χ1v) is 10.9. The SMILES string of the molecule is C=C(C)CCN(CC)C(CC)CN(C(=C)/C=C\C(F)=C/COCC)c1ccccc1. The van der Waals surface area contributed by atoms with Gasteiger partial charge in [0.1, 0.15) is 5.83 Å². The minimum Gasteiger partial charge on any atom is -0.378 e. The first-order valence-electron chi connectivity index (χ1n) is 10.9. The van der Waals surface area contributed by atoms with Crippen LogP contribution in [0.15, 0.2) is 78.8 Å². The molecule has 0 saturated carbocycles. The largest absolute Gasteiger partial charge is 0.378 e. The van der Waals surface area contributed by atoms with E-state index in [1.807, 2.05) is 25.1 Å². The van der Waals surface area contributed by atoms with E-state index in [-0.39, 0.29) is 12.4 Å². The highest BCUT2D eigenvalue weighted by Gasteiger charge is 2.20. The monoisotopic (exact) mass is 414 g/mol. The average Bonchev–Trinajstić information content (AvgIpc) is 2.75. The Kier molecular flexibility index (Phi) is 12.7. The summed E-state index contributed by atoms with van der Waals surface area (Å²) in [6.07, 6.45) is 6.64. The first-order chi connectivity index (χ1) is 14.4. The molecular formula is C26H39FN2O. The van der Waals surface area contributed by atoms with Gasteiger partial charge in [0, 0.05) is 37.1 Å². The van der Waals surface area contributed by atoms with Gasteiger partial charge in [-0.3, -0.25) is 4.90 Å². The molecule has 166 valence electrons. The van der Waals surface area contributed by atoms with Crippen LogP contribution in [0.25, 0.3) is 0 Å². The van der Waals surface area contributed by atoms with Gasteiger partial charge in [0.2, 0.25) is 0 Å². The third kappa shape index (κ3) is 9.55. The van der Waals surface area contributed by atoms with Crippen molar-refractivity contribution in [3.8, 4) is 0 Å². The molecule has 0 heterocycles. The average molecular weight is 415 g/mol. The molecule has 4 heteroatoms. The summed E-state index contributed by atoms with van der Waals surface area (Å²) in [5.41, 5.74) is 3.01. The quantitative estimate of drug-likeness (QED) is 0.185. The van der Waals surface area contributed by atoms with E-state index in [0.29, 0.717) is 12.6 Å². The molecule has 1 aromatic rings. The number of ether oxygens (including phenoxy) is 1. The van der Waals surface area contributed by atoms with Crippen molar-refractivity contribution in [1.82, 2.24) is 4.90 Å². The van der Waals surface area contributed by atoms with Gasteiger partial charge in [-0.15, -0.1) is 6.58 Å². The van der Waals surface area contributed by atoms with Gasteiger partial charge in [-0.2, -0.15) is 0 Å². The zero-order valence-corrected chi connectivity index (χ0v) is 19.2. The van der Waals surface area contributed by atoms with E-state index in [2.05, 4.69) is 55.9 Å². The zero-order chi connectivity index (χ0) is 22.4. The van der Waals surface area contributed by atoms with Crippen LogP contribution >= 0.6 is 0 Å². The third-order valence-corrected chi connectivity index (χ3v) is 5.06. The Morgan fingerprint density at radius 1 is 1.13 bits per heavy atom. The molecule has 0 bridgehead atoms. The lowest BCUT2D eigenvalue weighted by molar-refractivity contribution is 0.176. The molecule has 1 rings (SSSR count). The molecule has 0 N–H and O–H groups in total. The van der Waals surface area contributed by atoms with Crippen LogP contribution in [0.5, 0.6) is 0 Å². The molecule has 0 saturated heterocycles. The molecule has 0 radical (unpaired) electrons. The lowest BCUT2D eigenvalue weighted by atomic mass is 10.1. The van der Waals surface area contributed by atoms with Crippen molar-refractivity contribution in [1.29, 1.82) is 0 Å². The van der Waals surface area contributed by atoms with Crippen molar-refractivity contribution in [3.63, 3.8) is 0 Å². The second kappa shape index (κ2) is 14.8. The second-order valence-electron chi connectivity index (χ2n) is 7.42. The Balaban J connectivity index is 3.01. The fourth-order valence-electron chi connectivity index (χ4n) is 3.23. The summed E-state index contributed by atoms with van der Waals surface area (Å²) in [4.78, 5) is 4.66. The number of benzene rings is 1. The lowest BCUT2D eigenvalue weighted by Gasteiger charge is -2.36. The highest BCUT2D eigenvalue weighted by Crippen LogP contribution is 2.22. The number of anilines is 1. The fourth-order valence-corrected chi connectivity index (χ4v) is 3.23. The Bertz CT molecular complexity index is 696. The number of hydrogen-bond donors (Lipinski definition) is 0. The van der Waals surface area contributed by atoms with Gasteiger partial charge in [0.15, 0.2) is 0 Å². The topological polar surface area (TPSA) is 15.7 Å². The van der Waals surface area contributed by atoms with E-state index in [9.17, 15) is 4.39 Å². The molecule has 0 spiro atoms. The van der Waals surface area contributed by atoms with Gasteiger partial charge in [-0.05, 0) is 63.6 Å². The van der Waals surface area contributed by atoms with Gasteiger partial charge in [-0.25, -0.2) is 4.39 Å². The van der Waals surface area contributed by atoms with E-state index >= 15 is 0 Å². The predicted octanol–water partition coefficient (Wildman–Crippen LogP) is 6.52. The molecule has 0 aliphatic carbocycles. The van der Waals surface area contributed by atoms with Crippen molar-refractivity contribution >= 4 is 5.69 Å². The van der Waals surface area contributed by atoms with Crippen molar-refractivity contribution < 1.29 is 9.13 Å². The van der Waals surface area contributed by atoms with Gasteiger partial charge >= 0.3 is 0 Å². The molecule has 1 atom stereocenters. The van der Waals surface area contributed by atoms with Gasteiger partial charge < -0.3 is 9.64 Å². The highest BCUT2D eigenvalue weighted by atomic mass is 19.1. The smallest absolute Gasteiger partial charge is 0.121 e. The van der Waals surface area contributed by atoms with Crippen LogP contribution in [0.1, 0.15) is 40.5 Å². The molecule has 0 aliphatic rings. The van der Waals surface area contributed by atoms with Crippen LogP contribution in [0.3, 0.4) is 0 Å². The highest BCUT2D eigenvalue weighted by molar-refractivity contribution is 5.54. The maximum absolute atomic E-state index is 14.1. The minimum atomic E-state index is -0.318. The summed E-state index contributed by atoms with van der Waals surface area (Å²) in [5, 5.41) is 0. The predicted molar refractivity (Wildman–Crippen MR) is 129 cm³/mol. The maximum Gasteiger partial charge on any atom is 0.121 e. The number of nitrogens with zero attached hydrogens (tertiary/aromatic N) is 2. The second-order valence-corrected chi connectivity index (χ2v) is 7.42. The molecule has 3 nitrogen and oxygen atoms in total. The van der Waals surface area contributed by atoms with Crippen molar-refractivity contribution in [2.45, 2.75) is 46.6 Å². The van der Waals surface area contributed by atoms with E-state index in [0.717, 1.165) is 43.9 Å². The van der Waals surface area contributed by atoms with E-state index in [1.165, 1.54) is 17.7 Å². The van der Waals surface area contributed by atoms with Gasteiger partial charge in [-0.1, -0.05) is 44.2 Å². The number of hydrogen-bond acceptors (Lipinski definition) is 3. The number of para-hydroxylation sites is 1. The number of allylic oxidation sites excluding steroid dienone is 3. The van der Waals surface area contributed by atoms with Crippen molar-refractivity contribution in [3.05, 3.63) is 78.8 Å². The molecule has 30 heavy (non-hydrogen) atoms. The summed E-state index contributed by atoms with van der Waals surface area (Å²) < 4.78 is 19.2. The summed E-state index contributed by atoms with van der Waals surface area (Å²) in [6, 6.07) is 10.5. The lowest BCUT2D eigenvalue weighted by Crippen LogP contribution is -2.44. The maximum atomic E-state index is 14.1. The van der Waals surface area contributed by atoms with Crippen LogP contribution in [0, 0.1) is 0 Å². The van der Waals surface area contributed by atoms with Crippen molar-refractivity contribution in [2.75, 3.05) is 37.7 Å². The summed E-state index contributed by atoms with van der Waals surface area (Å²) >= 11 is 0. The van der Waals surface area contributed by atoms with Crippen molar-refractivity contribution in [2.24, 2.45) is 0 Å². The van der Waals surface area contributed by atoms with E-state index < -0.39 is 0 Å². The van der Waals surface area contributed by atoms with Crippen LogP contribution in [-0.2, 0) is 4.74 Å². The summed E-state index contributed by atoms with van der Waals surface area (Å²) in [6.45, 7) is 20.2.